The van der Waals surface area contributed by atoms with Crippen LogP contribution in [0.15, 0.2) is 9.98 Å². The van der Waals surface area contributed by atoms with Gasteiger partial charge in [-0.1, -0.05) is 0 Å². The van der Waals surface area contributed by atoms with Crippen molar-refractivity contribution in [3.05, 3.63) is 0 Å². The normalized spacial score (nSPS) is 27.0. The van der Waals surface area contributed by atoms with E-state index in [1.807, 2.05) is 0 Å². The van der Waals surface area contributed by atoms with E-state index < -0.39 is 36.0 Å². The maximum absolute atomic E-state index is 12.8. The predicted molar refractivity (Wildman–Crippen MR) is 96.7 cm³/mol. The molecule has 0 aromatic heterocycles. The summed E-state index contributed by atoms with van der Waals surface area (Å²) < 4.78 is 3.23. The van der Waals surface area contributed by atoms with Gasteiger partial charge < -0.3 is 0 Å². The van der Waals surface area contributed by atoms with Crippen LogP contribution in [0.2, 0.25) is 0 Å². The minimum Gasteiger partial charge on any atom is -0.269 e. The van der Waals surface area contributed by atoms with E-state index in [1.54, 1.807) is 23.2 Å². The van der Waals surface area contributed by atoms with Crippen LogP contribution >= 0.6 is 0 Å². The highest BCUT2D eigenvalue weighted by Gasteiger charge is 2.53. The van der Waals surface area contributed by atoms with E-state index in [-0.39, 0.29) is 13.1 Å². The fraction of sp³-hybridized carbons (Fsp3) is 0.500. The van der Waals surface area contributed by atoms with Gasteiger partial charge in [-0.05, 0) is 9.98 Å². The van der Waals surface area contributed by atoms with Crippen molar-refractivity contribution in [3.63, 3.8) is 0 Å². The fourth-order valence-corrected chi connectivity index (χ4v) is 3.70. The van der Waals surface area contributed by atoms with E-state index >= 15 is 0 Å². The summed E-state index contributed by atoms with van der Waals surface area (Å²) >= 11 is 0. The molecule has 0 bridgehead atoms. The summed E-state index contributed by atoms with van der Waals surface area (Å²) in [6, 6.07) is -2.45. The van der Waals surface area contributed by atoms with Gasteiger partial charge in [-0.25, -0.2) is 18.7 Å². The van der Waals surface area contributed by atoms with E-state index in [0.717, 1.165) is 9.80 Å². The average Bonchev–Trinajstić information content (AvgIpc) is 3.23. The third-order valence-electron chi connectivity index (χ3n) is 5.32. The maximum atomic E-state index is 12.8. The number of urea groups is 2. The zero-order valence-corrected chi connectivity index (χ0v) is 15.9. The zero-order valence-electron chi connectivity index (χ0n) is 15.9. The second-order valence-corrected chi connectivity index (χ2v) is 7.00. The standard InChI is InChI=1S/C16H20N8O4/c1-19-7-17-11-9(19)13(25)23(15(27)21(11)3)5-6-24-14(26)10-12(18-8-20(10)2)22(4)16(24)28/h7-10H,5-6H2,1-4H3/q+2. The number of likely N-dealkylation sites (N-methyl/N-ethyl adjacent to an activating group) is 4. The molecule has 6 amide bonds. The van der Waals surface area contributed by atoms with Gasteiger partial charge in [0.1, 0.15) is 0 Å². The Labute approximate surface area is 160 Å². The van der Waals surface area contributed by atoms with Crippen molar-refractivity contribution in [1.29, 1.82) is 0 Å². The molecule has 4 aliphatic heterocycles. The number of nitrogens with zero attached hydrogens (tertiary/aromatic N) is 8. The van der Waals surface area contributed by atoms with Gasteiger partial charge in [0.05, 0.1) is 14.1 Å². The molecule has 4 aliphatic rings. The quantitative estimate of drug-likeness (QED) is 0.505. The molecule has 0 saturated carbocycles. The van der Waals surface area contributed by atoms with Crippen molar-refractivity contribution in [3.8, 4) is 0 Å². The summed E-state index contributed by atoms with van der Waals surface area (Å²) in [4.78, 5) is 63.8. The molecular formula is C16H20N8O4+2. The van der Waals surface area contributed by atoms with Crippen LogP contribution in [0.25, 0.3) is 0 Å². The lowest BCUT2D eigenvalue weighted by Gasteiger charge is -2.36. The Balaban J connectivity index is 1.54. The molecule has 0 aromatic carbocycles. The molecule has 0 aromatic rings. The van der Waals surface area contributed by atoms with Gasteiger partial charge in [-0.2, -0.15) is 0 Å². The summed E-state index contributed by atoms with van der Waals surface area (Å²) in [5.74, 6) is -0.140. The third kappa shape index (κ3) is 2.30. The van der Waals surface area contributed by atoms with Gasteiger partial charge in [-0.15, -0.1) is 0 Å². The molecule has 2 unspecified atom stereocenters. The number of aliphatic imine (C=N–C) groups is 2. The largest absolute Gasteiger partial charge is 0.333 e. The van der Waals surface area contributed by atoms with Gasteiger partial charge >= 0.3 is 12.1 Å². The Morgan fingerprint density at radius 1 is 0.786 bits per heavy atom. The Bertz CT molecular complexity index is 872. The van der Waals surface area contributed by atoms with E-state index in [2.05, 4.69) is 9.98 Å². The van der Waals surface area contributed by atoms with Gasteiger partial charge in [0.25, 0.3) is 48.2 Å². The van der Waals surface area contributed by atoms with Crippen LogP contribution < -0.4 is 0 Å². The minimum atomic E-state index is -0.688. The predicted octanol–water partition coefficient (Wildman–Crippen LogP) is -2.32. The second-order valence-electron chi connectivity index (χ2n) is 7.00. The van der Waals surface area contributed by atoms with Crippen LogP contribution in [0.4, 0.5) is 9.59 Å². The summed E-state index contributed by atoms with van der Waals surface area (Å²) in [6.07, 6.45) is 2.98. The number of amidine groups is 2. The number of hydrogen-bond donors (Lipinski definition) is 0. The van der Waals surface area contributed by atoms with Crippen molar-refractivity contribution < 1.29 is 28.3 Å². The van der Waals surface area contributed by atoms with Crippen LogP contribution in [0.3, 0.4) is 0 Å². The molecule has 2 fully saturated rings. The monoisotopic (exact) mass is 388 g/mol. The van der Waals surface area contributed by atoms with E-state index in [4.69, 9.17) is 0 Å². The molecule has 0 N–H and O–H groups in total. The number of carbonyl (C=O) groups is 4. The van der Waals surface area contributed by atoms with Gasteiger partial charge in [0.15, 0.2) is 0 Å². The van der Waals surface area contributed by atoms with E-state index in [9.17, 15) is 19.2 Å². The van der Waals surface area contributed by atoms with Crippen molar-refractivity contribution >= 4 is 48.2 Å². The first-order valence-corrected chi connectivity index (χ1v) is 8.68. The third-order valence-corrected chi connectivity index (χ3v) is 5.32. The van der Waals surface area contributed by atoms with Crippen LogP contribution in [0.5, 0.6) is 0 Å². The molecule has 4 heterocycles. The van der Waals surface area contributed by atoms with Crippen LogP contribution in [0, 0.1) is 0 Å². The van der Waals surface area contributed by atoms with Crippen LogP contribution in [-0.2, 0) is 9.59 Å². The Morgan fingerprint density at radius 2 is 1.14 bits per heavy atom. The molecule has 12 nitrogen and oxygen atoms in total. The minimum absolute atomic E-state index is 0.0996. The summed E-state index contributed by atoms with van der Waals surface area (Å²) in [7, 11) is 6.47. The lowest BCUT2D eigenvalue weighted by Crippen LogP contribution is -2.66. The Hall–Kier alpha value is -3.44. The first-order valence-electron chi connectivity index (χ1n) is 8.68. The second kappa shape index (κ2) is 6.04. The van der Waals surface area contributed by atoms with Crippen LogP contribution in [-0.4, -0.2) is 130 Å². The van der Waals surface area contributed by atoms with Crippen molar-refractivity contribution in [1.82, 2.24) is 19.6 Å². The molecule has 0 aliphatic carbocycles. The molecular weight excluding hydrogens is 368 g/mol. The zero-order chi connectivity index (χ0) is 20.3. The molecule has 0 radical (unpaired) electrons. The molecule has 28 heavy (non-hydrogen) atoms. The number of fused-ring (bicyclic) bond motifs is 2. The van der Waals surface area contributed by atoms with Gasteiger partial charge in [-0.3, -0.25) is 29.2 Å². The maximum Gasteiger partial charge on any atom is 0.333 e. The first kappa shape index (κ1) is 17.9. The Morgan fingerprint density at radius 3 is 1.50 bits per heavy atom. The number of hydrogen-bond acceptors (Lipinski definition) is 6. The lowest BCUT2D eigenvalue weighted by atomic mass is 10.1. The molecule has 12 heteroatoms. The van der Waals surface area contributed by atoms with Crippen molar-refractivity contribution in [2.45, 2.75) is 12.1 Å². The highest BCUT2D eigenvalue weighted by Crippen LogP contribution is 2.20. The lowest BCUT2D eigenvalue weighted by molar-refractivity contribution is -0.501. The van der Waals surface area contributed by atoms with Crippen molar-refractivity contribution in [2.24, 2.45) is 9.98 Å². The summed E-state index contributed by atoms with van der Waals surface area (Å²) in [6.45, 7) is -0.199. The first-order chi connectivity index (χ1) is 13.2. The molecule has 2 atom stereocenters. The molecule has 4 rings (SSSR count). The van der Waals surface area contributed by atoms with Gasteiger partial charge in [0, 0.05) is 27.2 Å². The van der Waals surface area contributed by atoms with Gasteiger partial charge in [0.2, 0.25) is 0 Å². The topological polar surface area (TPSA) is 112 Å². The van der Waals surface area contributed by atoms with E-state index in [0.29, 0.717) is 11.7 Å². The van der Waals surface area contributed by atoms with E-state index in [1.165, 1.54) is 36.6 Å². The summed E-state index contributed by atoms with van der Waals surface area (Å²) in [5.41, 5.74) is 0. The number of amides is 6. The smallest absolute Gasteiger partial charge is 0.269 e. The average molecular weight is 388 g/mol. The highest BCUT2D eigenvalue weighted by atomic mass is 16.2. The van der Waals surface area contributed by atoms with Crippen molar-refractivity contribution in [2.75, 3.05) is 41.3 Å². The Kier molecular flexibility index (Phi) is 3.87. The van der Waals surface area contributed by atoms with Crippen LogP contribution in [0.1, 0.15) is 0 Å². The molecule has 0 spiro atoms. The number of carbonyl (C=O) groups excluding carboxylic acids is 4. The highest BCUT2D eigenvalue weighted by molar-refractivity contribution is 6.22. The molecule has 2 saturated heterocycles. The number of imide groups is 2. The molecule has 146 valence electrons. The number of rotatable bonds is 3. The fourth-order valence-electron chi connectivity index (χ4n) is 3.70. The summed E-state index contributed by atoms with van der Waals surface area (Å²) in [5, 5.41) is 0. The SMILES string of the molecule is CN1C(=O)N(CCN2C(=O)C3C(=NC=[N+]3C)N(C)C2=O)C(=O)C2C1=NC=[N+]2C.